The van der Waals surface area contributed by atoms with Crippen LogP contribution in [0.15, 0.2) is 54.2 Å². The Morgan fingerprint density at radius 3 is 1.90 bits per heavy atom. The van der Waals surface area contributed by atoms with E-state index in [0.717, 1.165) is 11.3 Å². The van der Waals surface area contributed by atoms with Gasteiger partial charge in [-0.2, -0.15) is 0 Å². The molecule has 1 heterocycles. The number of rotatable bonds is 2. The molecule has 0 amide bonds. The fraction of sp³-hybridized carbons (Fsp3) is 0.444. The quantitative estimate of drug-likeness (QED) is 0.417. The molecule has 2 aromatic carbocycles. The number of nitrogens with zero attached hydrogens (tertiary/aromatic N) is 1. The lowest BCUT2D eigenvalue weighted by atomic mass is 9.79. The topological polar surface area (TPSA) is 20.3 Å². The van der Waals surface area contributed by atoms with Crippen molar-refractivity contribution in [2.24, 2.45) is 0 Å². The van der Waals surface area contributed by atoms with E-state index in [1.54, 1.807) is 0 Å². The van der Waals surface area contributed by atoms with Gasteiger partial charge in [-0.3, -0.25) is 4.79 Å². The van der Waals surface area contributed by atoms with Crippen LogP contribution < -0.4 is 4.90 Å². The highest BCUT2D eigenvalue weighted by atomic mass is 16.1. The molecule has 0 aliphatic carbocycles. The molecule has 0 unspecified atom stereocenters. The van der Waals surface area contributed by atoms with Gasteiger partial charge in [-0.05, 0) is 45.7 Å². The normalized spacial score (nSPS) is 17.6. The van der Waals surface area contributed by atoms with Crippen LogP contribution in [0.25, 0.3) is 0 Å². The summed E-state index contributed by atoms with van der Waals surface area (Å²) in [6.07, 6.45) is 1.84. The Kier molecular flexibility index (Phi) is 5.06. The van der Waals surface area contributed by atoms with Crippen LogP contribution >= 0.6 is 0 Å². The molecule has 2 aromatic rings. The number of para-hydroxylation sites is 1. The largest absolute Gasteiger partial charge is 0.347 e. The van der Waals surface area contributed by atoms with Gasteiger partial charge >= 0.3 is 0 Å². The smallest absolute Gasteiger partial charge is 0.187 e. The molecular weight excluding hydrogens is 354 g/mol. The van der Waals surface area contributed by atoms with Gasteiger partial charge in [0.25, 0.3) is 0 Å². The summed E-state index contributed by atoms with van der Waals surface area (Å²) in [4.78, 5) is 15.6. The summed E-state index contributed by atoms with van der Waals surface area (Å²) in [6, 6.07) is 14.8. The number of carbonyl (C=O) groups is 1. The SMILES string of the molecule is CN1/C(=C/C(=O)c2cc(C(C)(C)C)cc(C(C)(C)C)c2)C(C)(C)c2ccccc21. The van der Waals surface area contributed by atoms with Crippen LogP contribution in [0.5, 0.6) is 0 Å². The molecule has 29 heavy (non-hydrogen) atoms. The number of benzene rings is 2. The Morgan fingerprint density at radius 2 is 1.41 bits per heavy atom. The van der Waals surface area contributed by atoms with E-state index in [-0.39, 0.29) is 22.0 Å². The number of allylic oxidation sites excluding steroid dienone is 2. The third-order valence-electron chi connectivity index (χ3n) is 6.16. The summed E-state index contributed by atoms with van der Waals surface area (Å²) in [5.74, 6) is 0.0735. The second-order valence-electron chi connectivity index (χ2n) is 10.9. The maximum absolute atomic E-state index is 13.4. The van der Waals surface area contributed by atoms with Gasteiger partial charge in [-0.15, -0.1) is 0 Å². The van der Waals surface area contributed by atoms with Crippen molar-refractivity contribution in [3.63, 3.8) is 0 Å². The van der Waals surface area contributed by atoms with Gasteiger partial charge in [-0.1, -0.05) is 79.7 Å². The van der Waals surface area contributed by atoms with E-state index in [2.05, 4.69) is 110 Å². The molecule has 154 valence electrons. The van der Waals surface area contributed by atoms with Gasteiger partial charge < -0.3 is 4.90 Å². The van der Waals surface area contributed by atoms with Crippen LogP contribution in [0.3, 0.4) is 0 Å². The van der Waals surface area contributed by atoms with Crippen LogP contribution in [0.4, 0.5) is 5.69 Å². The van der Waals surface area contributed by atoms with Gasteiger partial charge in [0.15, 0.2) is 5.78 Å². The molecule has 0 saturated heterocycles. The van der Waals surface area contributed by atoms with Gasteiger partial charge in [0.1, 0.15) is 0 Å². The molecule has 0 aromatic heterocycles. The number of likely N-dealkylation sites (N-methyl/N-ethyl adjacent to an activating group) is 1. The predicted octanol–water partition coefficient (Wildman–Crippen LogP) is 6.78. The number of carbonyl (C=O) groups excluding carboxylic acids is 1. The zero-order valence-corrected chi connectivity index (χ0v) is 19.5. The molecule has 1 aliphatic rings. The van der Waals surface area contributed by atoms with Gasteiger partial charge in [0.05, 0.1) is 0 Å². The van der Waals surface area contributed by atoms with Gasteiger partial charge in [-0.25, -0.2) is 0 Å². The number of ketones is 1. The van der Waals surface area contributed by atoms with Crippen molar-refractivity contribution in [3.05, 3.63) is 76.5 Å². The first-order chi connectivity index (χ1) is 13.2. The second kappa shape index (κ2) is 6.86. The zero-order valence-electron chi connectivity index (χ0n) is 19.5. The van der Waals surface area contributed by atoms with Crippen molar-refractivity contribution in [1.29, 1.82) is 0 Å². The third kappa shape index (κ3) is 3.90. The molecule has 0 saturated carbocycles. The number of fused-ring (bicyclic) bond motifs is 1. The Bertz CT molecular complexity index is 948. The summed E-state index contributed by atoms with van der Waals surface area (Å²) >= 11 is 0. The molecule has 0 bridgehead atoms. The molecule has 0 N–H and O–H groups in total. The first-order valence-corrected chi connectivity index (χ1v) is 10.5. The standard InChI is InChI=1S/C27H35NO/c1-25(2,3)19-14-18(15-20(16-19)26(4,5)6)23(29)17-24-27(7,8)21-12-10-11-13-22(21)28(24)9/h10-17H,1-9H3/b24-17+. The fourth-order valence-corrected chi connectivity index (χ4v) is 4.10. The van der Waals surface area contributed by atoms with E-state index in [1.165, 1.54) is 22.4 Å². The first-order valence-electron chi connectivity index (χ1n) is 10.5. The molecule has 0 atom stereocenters. The third-order valence-corrected chi connectivity index (χ3v) is 6.16. The lowest BCUT2D eigenvalue weighted by Crippen LogP contribution is -2.24. The summed E-state index contributed by atoms with van der Waals surface area (Å²) in [6.45, 7) is 17.6. The lowest BCUT2D eigenvalue weighted by molar-refractivity contribution is 0.104. The average Bonchev–Trinajstić information content (AvgIpc) is 2.81. The predicted molar refractivity (Wildman–Crippen MR) is 124 cm³/mol. The summed E-state index contributed by atoms with van der Waals surface area (Å²) in [5, 5.41) is 0. The Hall–Kier alpha value is -2.35. The Labute approximate surface area is 176 Å². The van der Waals surface area contributed by atoms with E-state index in [0.29, 0.717) is 0 Å². The fourth-order valence-electron chi connectivity index (χ4n) is 4.10. The summed E-state index contributed by atoms with van der Waals surface area (Å²) < 4.78 is 0. The molecule has 0 spiro atoms. The van der Waals surface area contributed by atoms with Crippen molar-refractivity contribution in [2.75, 3.05) is 11.9 Å². The van der Waals surface area contributed by atoms with Crippen molar-refractivity contribution >= 4 is 11.5 Å². The van der Waals surface area contributed by atoms with Crippen molar-refractivity contribution in [3.8, 4) is 0 Å². The molecule has 1 aliphatic heterocycles. The number of anilines is 1. The summed E-state index contributed by atoms with van der Waals surface area (Å²) in [7, 11) is 2.05. The maximum atomic E-state index is 13.4. The van der Waals surface area contributed by atoms with Crippen LogP contribution in [-0.2, 0) is 16.2 Å². The van der Waals surface area contributed by atoms with E-state index < -0.39 is 0 Å². The van der Waals surface area contributed by atoms with E-state index >= 15 is 0 Å². The minimum atomic E-state index is -0.199. The van der Waals surface area contributed by atoms with Crippen LogP contribution in [0, 0.1) is 0 Å². The first kappa shape index (κ1) is 21.4. The van der Waals surface area contributed by atoms with E-state index in [1.807, 2.05) is 6.08 Å². The molecule has 0 fully saturated rings. The molecule has 2 nitrogen and oxygen atoms in total. The number of hydrogen-bond acceptors (Lipinski definition) is 2. The zero-order chi connectivity index (χ0) is 21.8. The minimum absolute atomic E-state index is 0.0108. The van der Waals surface area contributed by atoms with Crippen LogP contribution in [-0.4, -0.2) is 12.8 Å². The van der Waals surface area contributed by atoms with E-state index in [4.69, 9.17) is 0 Å². The monoisotopic (exact) mass is 389 g/mol. The molecule has 0 radical (unpaired) electrons. The Balaban J connectivity index is 2.10. The van der Waals surface area contributed by atoms with Gasteiger partial charge in [0.2, 0.25) is 0 Å². The van der Waals surface area contributed by atoms with Crippen molar-refractivity contribution in [2.45, 2.75) is 71.6 Å². The highest BCUT2D eigenvalue weighted by molar-refractivity contribution is 6.06. The molecule has 3 rings (SSSR count). The van der Waals surface area contributed by atoms with E-state index in [9.17, 15) is 4.79 Å². The van der Waals surface area contributed by atoms with Gasteiger partial charge in [0, 0.05) is 35.5 Å². The Morgan fingerprint density at radius 1 is 0.897 bits per heavy atom. The second-order valence-corrected chi connectivity index (χ2v) is 10.9. The molecular formula is C27H35NO. The van der Waals surface area contributed by atoms with Crippen LogP contribution in [0.2, 0.25) is 0 Å². The van der Waals surface area contributed by atoms with Crippen molar-refractivity contribution in [1.82, 2.24) is 0 Å². The average molecular weight is 390 g/mol. The number of hydrogen-bond donors (Lipinski definition) is 0. The molecule has 2 heteroatoms. The van der Waals surface area contributed by atoms with Crippen molar-refractivity contribution < 1.29 is 4.79 Å². The highest BCUT2D eigenvalue weighted by Gasteiger charge is 2.38. The highest BCUT2D eigenvalue weighted by Crippen LogP contribution is 2.46. The van der Waals surface area contributed by atoms with Crippen LogP contribution in [0.1, 0.15) is 82.4 Å². The lowest BCUT2D eigenvalue weighted by Gasteiger charge is -2.26. The summed E-state index contributed by atoms with van der Waals surface area (Å²) in [5.41, 5.74) is 6.44. The maximum Gasteiger partial charge on any atom is 0.187 e. The minimum Gasteiger partial charge on any atom is -0.347 e.